The van der Waals surface area contributed by atoms with E-state index >= 15 is 0 Å². The summed E-state index contributed by atoms with van der Waals surface area (Å²) in [6.45, 7) is 0.138. The zero-order chi connectivity index (χ0) is 38.0. The van der Waals surface area contributed by atoms with E-state index in [1.807, 2.05) is 6.29 Å². The number of methoxy groups -OCH3 is 1. The fraction of sp³-hybridized carbons (Fsp3) is 0.395. The molecule has 14 heteroatoms. The smallest absolute Gasteiger partial charge is 0.247 e. The summed E-state index contributed by atoms with van der Waals surface area (Å²) in [6, 6.07) is 13.3. The van der Waals surface area contributed by atoms with E-state index in [1.54, 1.807) is 36.4 Å². The summed E-state index contributed by atoms with van der Waals surface area (Å²) < 4.78 is 18.6. The first kappa shape index (κ1) is 41.1. The van der Waals surface area contributed by atoms with Crippen molar-refractivity contribution in [1.82, 2.24) is 20.9 Å². The number of carbonyl (C=O) groups excluding carboxylic acids is 5. The second-order valence-electron chi connectivity index (χ2n) is 12.4. The van der Waals surface area contributed by atoms with E-state index in [4.69, 9.17) is 10.5 Å². The van der Waals surface area contributed by atoms with Crippen molar-refractivity contribution in [3.8, 4) is 11.5 Å². The van der Waals surface area contributed by atoms with Gasteiger partial charge in [0.05, 0.1) is 12.6 Å². The number of benzene rings is 3. The molecule has 0 aromatic heterocycles. The van der Waals surface area contributed by atoms with Crippen molar-refractivity contribution >= 4 is 29.9 Å². The number of ether oxygens (including phenoxy) is 1. The van der Waals surface area contributed by atoms with Crippen LogP contribution in [0.1, 0.15) is 42.4 Å². The Morgan fingerprint density at radius 3 is 1.94 bits per heavy atom. The third-order valence-electron chi connectivity index (χ3n) is 8.42. The van der Waals surface area contributed by atoms with Gasteiger partial charge in [0.1, 0.15) is 35.4 Å². The molecule has 0 spiro atoms. The van der Waals surface area contributed by atoms with Crippen molar-refractivity contribution in [2.75, 3.05) is 27.3 Å². The zero-order valence-corrected chi connectivity index (χ0v) is 29.3. The first-order valence-electron chi connectivity index (χ1n) is 17.0. The molecule has 279 valence electrons. The van der Waals surface area contributed by atoms with Gasteiger partial charge in [-0.15, -0.1) is 0 Å². The third-order valence-corrected chi connectivity index (χ3v) is 8.42. The van der Waals surface area contributed by atoms with Gasteiger partial charge in [0.2, 0.25) is 29.9 Å². The van der Waals surface area contributed by atoms with Gasteiger partial charge in [0.15, 0.2) is 0 Å². The first-order valence-corrected chi connectivity index (χ1v) is 17.0. The van der Waals surface area contributed by atoms with E-state index in [1.165, 1.54) is 50.6 Å². The molecule has 0 unspecified atom stereocenters. The highest BCUT2D eigenvalue weighted by molar-refractivity contribution is 5.95. The Balaban J connectivity index is 1.82. The summed E-state index contributed by atoms with van der Waals surface area (Å²) in [6.07, 6.45) is 3.64. The molecule has 0 saturated carbocycles. The molecule has 0 aliphatic carbocycles. The summed E-state index contributed by atoms with van der Waals surface area (Å²) in [5.74, 6) is -2.87. The Bertz CT molecular complexity index is 1610. The minimum atomic E-state index is -1.30. The van der Waals surface area contributed by atoms with E-state index in [0.717, 1.165) is 10.5 Å². The third kappa shape index (κ3) is 13.4. The van der Waals surface area contributed by atoms with Gasteiger partial charge < -0.3 is 41.5 Å². The molecule has 4 amide bonds. The topological polar surface area (TPSA) is 200 Å². The molecule has 0 aliphatic heterocycles. The van der Waals surface area contributed by atoms with E-state index in [-0.39, 0.29) is 43.8 Å². The molecule has 0 saturated heterocycles. The average molecular weight is 721 g/mol. The molecule has 7 N–H and O–H groups in total. The number of rotatable bonds is 21. The fourth-order valence-electron chi connectivity index (χ4n) is 5.45. The number of amides is 4. The summed E-state index contributed by atoms with van der Waals surface area (Å²) in [7, 11) is 2.73. The molecule has 13 nitrogen and oxygen atoms in total. The summed E-state index contributed by atoms with van der Waals surface area (Å²) in [5.41, 5.74) is 7.51. The standard InChI is InChI=1S/C38H47FN5O8/c1-44(34(22-27-10-17-31(47)18-11-27)37(50)41-29(23-45)5-3-4-20-40)38(51)33(24-52-2)43-36(49)32(21-26-8-15-30(46)16-9-26)42-35(48)19-12-25-6-13-28(39)14-7-25/h6-11,13-18,29,32-34,46-47H,3-5,12,19-22,24,40H2,1-2H3,(H,41,50)(H,42,48)(H,43,49)/t29-,32-,33+,34+/m1/s1. The maximum absolute atomic E-state index is 14.0. The van der Waals surface area contributed by atoms with Crippen molar-refractivity contribution in [3.05, 3.63) is 95.3 Å². The number of unbranched alkanes of at least 4 members (excludes halogenated alkanes) is 1. The number of nitrogens with two attached hydrogens (primary N) is 1. The Morgan fingerprint density at radius 1 is 0.808 bits per heavy atom. The predicted octanol–water partition coefficient (Wildman–Crippen LogP) is 1.82. The van der Waals surface area contributed by atoms with Crippen LogP contribution in [0, 0.1) is 5.82 Å². The van der Waals surface area contributed by atoms with Crippen LogP contribution >= 0.6 is 0 Å². The molecule has 0 fully saturated rings. The van der Waals surface area contributed by atoms with Crippen molar-refractivity contribution in [3.63, 3.8) is 0 Å². The van der Waals surface area contributed by atoms with E-state index in [0.29, 0.717) is 36.9 Å². The van der Waals surface area contributed by atoms with Gasteiger partial charge in [-0.2, -0.15) is 0 Å². The van der Waals surface area contributed by atoms with Crippen molar-refractivity contribution < 1.29 is 43.3 Å². The molecule has 4 atom stereocenters. The lowest BCUT2D eigenvalue weighted by molar-refractivity contribution is -0.143. The van der Waals surface area contributed by atoms with Gasteiger partial charge in [-0.05, 0) is 85.3 Å². The van der Waals surface area contributed by atoms with Crippen LogP contribution in [0.25, 0.3) is 0 Å². The maximum Gasteiger partial charge on any atom is 0.247 e. The van der Waals surface area contributed by atoms with Gasteiger partial charge in [-0.25, -0.2) is 4.39 Å². The van der Waals surface area contributed by atoms with Gasteiger partial charge >= 0.3 is 0 Å². The lowest BCUT2D eigenvalue weighted by atomic mass is 10.0. The van der Waals surface area contributed by atoms with Crippen LogP contribution in [0.2, 0.25) is 0 Å². The molecule has 3 rings (SSSR count). The largest absolute Gasteiger partial charge is 0.508 e. The van der Waals surface area contributed by atoms with Crippen LogP contribution in [0.4, 0.5) is 4.39 Å². The molecule has 0 aliphatic rings. The molecular weight excluding hydrogens is 673 g/mol. The summed E-state index contributed by atoms with van der Waals surface area (Å²) in [4.78, 5) is 67.4. The number of nitrogens with one attached hydrogen (secondary N) is 3. The van der Waals surface area contributed by atoms with Gasteiger partial charge in [0, 0.05) is 33.4 Å². The highest BCUT2D eigenvalue weighted by atomic mass is 19.1. The number of phenols is 2. The quantitative estimate of drug-likeness (QED) is 0.0889. The van der Waals surface area contributed by atoms with Crippen LogP contribution in [0.5, 0.6) is 11.5 Å². The fourth-order valence-corrected chi connectivity index (χ4v) is 5.45. The number of hydrogen-bond donors (Lipinski definition) is 6. The SMILES string of the molecule is COC[C@H](NC(=O)[C@@H](Cc1ccc(O)cc1)NC(=O)CCc1ccc(F)cc1)C(=O)N(C)[C@@H](Cc1ccc(O)cc1)C(=O)N[C@@H]([C]=O)CCCCN. The highest BCUT2D eigenvalue weighted by Crippen LogP contribution is 2.16. The van der Waals surface area contributed by atoms with Gasteiger partial charge in [-0.3, -0.25) is 24.0 Å². The number of halogens is 1. The predicted molar refractivity (Wildman–Crippen MR) is 191 cm³/mol. The van der Waals surface area contributed by atoms with Crippen LogP contribution in [0.15, 0.2) is 72.8 Å². The average Bonchev–Trinajstić information content (AvgIpc) is 3.13. The number of aromatic hydroxyl groups is 2. The monoisotopic (exact) mass is 720 g/mol. The minimum Gasteiger partial charge on any atom is -0.508 e. The van der Waals surface area contributed by atoms with E-state index < -0.39 is 53.6 Å². The van der Waals surface area contributed by atoms with E-state index in [9.17, 15) is 38.6 Å². The number of phenolic OH excluding ortho intramolecular Hbond substituents is 2. The molecule has 0 heterocycles. The second kappa shape index (κ2) is 21.1. The van der Waals surface area contributed by atoms with Crippen molar-refractivity contribution in [2.24, 2.45) is 5.73 Å². The molecule has 52 heavy (non-hydrogen) atoms. The lowest BCUT2D eigenvalue weighted by Gasteiger charge is -2.32. The molecule has 0 bridgehead atoms. The number of nitrogens with zero attached hydrogens (tertiary/aromatic N) is 1. The Hall–Kier alpha value is -5.34. The molecule has 3 aromatic carbocycles. The summed E-state index contributed by atoms with van der Waals surface area (Å²) >= 11 is 0. The molecule has 1 radical (unpaired) electrons. The zero-order valence-electron chi connectivity index (χ0n) is 29.3. The number of carbonyl (C=O) groups is 4. The highest BCUT2D eigenvalue weighted by Gasteiger charge is 2.34. The van der Waals surface area contributed by atoms with Crippen molar-refractivity contribution in [2.45, 2.75) is 69.1 Å². The lowest BCUT2D eigenvalue weighted by Crippen LogP contribution is -2.59. The molecule has 3 aromatic rings. The number of aryl methyl sites for hydroxylation is 1. The second-order valence-corrected chi connectivity index (χ2v) is 12.4. The Kier molecular flexibility index (Phi) is 16.7. The summed E-state index contributed by atoms with van der Waals surface area (Å²) in [5, 5.41) is 27.5. The van der Waals surface area contributed by atoms with Crippen LogP contribution in [-0.4, -0.2) is 96.5 Å². The maximum atomic E-state index is 14.0. The number of likely N-dealkylation sites (N-methyl/N-ethyl adjacent to an activating group) is 1. The van der Waals surface area contributed by atoms with Crippen LogP contribution < -0.4 is 21.7 Å². The van der Waals surface area contributed by atoms with E-state index in [2.05, 4.69) is 16.0 Å². The van der Waals surface area contributed by atoms with Gasteiger partial charge in [0.25, 0.3) is 0 Å². The number of hydrogen-bond acceptors (Lipinski definition) is 9. The van der Waals surface area contributed by atoms with Crippen molar-refractivity contribution in [1.29, 1.82) is 0 Å². The molecular formula is C38H47FN5O8. The first-order chi connectivity index (χ1) is 24.9. The Labute approximate surface area is 302 Å². The Morgan fingerprint density at radius 2 is 1.38 bits per heavy atom. The van der Waals surface area contributed by atoms with Gasteiger partial charge in [-0.1, -0.05) is 36.4 Å². The van der Waals surface area contributed by atoms with Crippen LogP contribution in [-0.2, 0) is 48.0 Å². The normalized spacial score (nSPS) is 13.2. The minimum absolute atomic E-state index is 0.00394. The van der Waals surface area contributed by atoms with Crippen LogP contribution in [0.3, 0.4) is 0 Å².